The summed E-state index contributed by atoms with van der Waals surface area (Å²) in [7, 11) is 1.99. The Morgan fingerprint density at radius 2 is 2.31 bits per heavy atom. The summed E-state index contributed by atoms with van der Waals surface area (Å²) in [6.45, 7) is 5.91. The van der Waals surface area contributed by atoms with Crippen LogP contribution < -0.4 is 5.73 Å². The average Bonchev–Trinajstić information content (AvgIpc) is 2.61. The smallest absolute Gasteiger partial charge is 0.146 e. The van der Waals surface area contributed by atoms with Crippen LogP contribution in [0.2, 0.25) is 0 Å². The average molecular weight is 225 g/mol. The Bertz CT molecular complexity index is 351. The summed E-state index contributed by atoms with van der Waals surface area (Å²) in [5, 5.41) is 8.21. The molecule has 1 atom stereocenters. The quantitative estimate of drug-likeness (QED) is 0.735. The first kappa shape index (κ1) is 11.5. The van der Waals surface area contributed by atoms with Crippen molar-refractivity contribution in [1.29, 1.82) is 0 Å². The highest BCUT2D eigenvalue weighted by Gasteiger charge is 2.20. The minimum absolute atomic E-state index is 0.156. The molecule has 0 radical (unpaired) electrons. The van der Waals surface area contributed by atoms with Crippen molar-refractivity contribution in [2.24, 2.45) is 12.8 Å². The Kier molecular flexibility index (Phi) is 3.52. The van der Waals surface area contributed by atoms with Crippen molar-refractivity contribution in [1.82, 2.24) is 19.7 Å². The van der Waals surface area contributed by atoms with Crippen molar-refractivity contribution in [3.63, 3.8) is 0 Å². The van der Waals surface area contributed by atoms with E-state index in [1.165, 1.54) is 0 Å². The molecule has 2 N–H and O–H groups in total. The highest BCUT2D eigenvalue weighted by Crippen LogP contribution is 2.08. The minimum atomic E-state index is 0.156. The lowest BCUT2D eigenvalue weighted by Crippen LogP contribution is -2.45. The van der Waals surface area contributed by atoms with Gasteiger partial charge in [-0.2, -0.15) is 0 Å². The van der Waals surface area contributed by atoms with E-state index in [1.807, 2.05) is 18.5 Å². The number of aromatic nitrogens is 3. The predicted octanol–water partition coefficient (Wildman–Crippen LogP) is -0.717. The highest BCUT2D eigenvalue weighted by atomic mass is 16.5. The molecule has 1 fully saturated rings. The van der Waals surface area contributed by atoms with Crippen LogP contribution in [0.15, 0.2) is 0 Å². The van der Waals surface area contributed by atoms with Crippen molar-refractivity contribution in [2.75, 3.05) is 26.2 Å². The molecule has 0 saturated carbocycles. The molecular weight excluding hydrogens is 206 g/mol. The SMILES string of the molecule is Cc1nnc(CN2CCOC(CN)C2)n1C. The van der Waals surface area contributed by atoms with Gasteiger partial charge in [-0.3, -0.25) is 4.90 Å². The van der Waals surface area contributed by atoms with Gasteiger partial charge in [0.1, 0.15) is 11.6 Å². The molecular formula is C10H19N5O. The fraction of sp³-hybridized carbons (Fsp3) is 0.800. The fourth-order valence-electron chi connectivity index (χ4n) is 1.86. The third-order valence-electron chi connectivity index (χ3n) is 3.03. The normalized spacial score (nSPS) is 22.6. The van der Waals surface area contributed by atoms with E-state index in [-0.39, 0.29) is 6.10 Å². The number of ether oxygens (including phenoxy) is 1. The van der Waals surface area contributed by atoms with Crippen molar-refractivity contribution < 1.29 is 4.74 Å². The van der Waals surface area contributed by atoms with E-state index in [4.69, 9.17) is 10.5 Å². The second-order valence-electron chi connectivity index (χ2n) is 4.19. The Morgan fingerprint density at radius 3 is 2.94 bits per heavy atom. The topological polar surface area (TPSA) is 69.2 Å². The number of hydrogen-bond acceptors (Lipinski definition) is 5. The second kappa shape index (κ2) is 4.90. The Morgan fingerprint density at radius 1 is 1.50 bits per heavy atom. The molecule has 6 heteroatoms. The van der Waals surface area contributed by atoms with Gasteiger partial charge >= 0.3 is 0 Å². The summed E-state index contributed by atoms with van der Waals surface area (Å²) in [5.74, 6) is 1.94. The molecule has 6 nitrogen and oxygen atoms in total. The van der Waals surface area contributed by atoms with E-state index < -0.39 is 0 Å². The van der Waals surface area contributed by atoms with Crippen LogP contribution in [-0.2, 0) is 18.3 Å². The van der Waals surface area contributed by atoms with Crippen LogP contribution in [0.25, 0.3) is 0 Å². The third-order valence-corrected chi connectivity index (χ3v) is 3.03. The van der Waals surface area contributed by atoms with Crippen LogP contribution in [0, 0.1) is 6.92 Å². The molecule has 1 aromatic heterocycles. The first-order valence-electron chi connectivity index (χ1n) is 5.59. The summed E-state index contributed by atoms with van der Waals surface area (Å²) >= 11 is 0. The van der Waals surface area contributed by atoms with Crippen molar-refractivity contribution >= 4 is 0 Å². The molecule has 1 aromatic rings. The van der Waals surface area contributed by atoms with Crippen molar-refractivity contribution in [3.8, 4) is 0 Å². The number of nitrogens with two attached hydrogens (primary N) is 1. The second-order valence-corrected chi connectivity index (χ2v) is 4.19. The first-order valence-corrected chi connectivity index (χ1v) is 5.59. The highest BCUT2D eigenvalue weighted by molar-refractivity contribution is 4.93. The summed E-state index contributed by atoms with van der Waals surface area (Å²) in [6.07, 6.45) is 0.156. The number of nitrogens with zero attached hydrogens (tertiary/aromatic N) is 4. The summed E-state index contributed by atoms with van der Waals surface area (Å²) < 4.78 is 7.54. The minimum Gasteiger partial charge on any atom is -0.374 e. The largest absolute Gasteiger partial charge is 0.374 e. The maximum atomic E-state index is 5.61. The van der Waals surface area contributed by atoms with Gasteiger partial charge in [0.15, 0.2) is 0 Å². The predicted molar refractivity (Wildman–Crippen MR) is 59.8 cm³/mol. The van der Waals surface area contributed by atoms with E-state index in [0.29, 0.717) is 6.54 Å². The van der Waals surface area contributed by atoms with E-state index in [2.05, 4.69) is 15.1 Å². The zero-order chi connectivity index (χ0) is 11.5. The molecule has 0 aliphatic carbocycles. The molecule has 0 amide bonds. The lowest BCUT2D eigenvalue weighted by molar-refractivity contribution is -0.0270. The molecule has 16 heavy (non-hydrogen) atoms. The number of aryl methyl sites for hydroxylation is 1. The Labute approximate surface area is 95.4 Å². The fourth-order valence-corrected chi connectivity index (χ4v) is 1.86. The van der Waals surface area contributed by atoms with E-state index in [9.17, 15) is 0 Å². The number of hydrogen-bond donors (Lipinski definition) is 1. The van der Waals surface area contributed by atoms with Gasteiger partial charge in [0.05, 0.1) is 19.3 Å². The lowest BCUT2D eigenvalue weighted by atomic mass is 10.2. The van der Waals surface area contributed by atoms with E-state index >= 15 is 0 Å². The molecule has 2 heterocycles. The monoisotopic (exact) mass is 225 g/mol. The first-order chi connectivity index (χ1) is 7.70. The molecule has 1 unspecified atom stereocenters. The summed E-state index contributed by atoms with van der Waals surface area (Å²) in [5.41, 5.74) is 5.61. The van der Waals surface area contributed by atoms with Gasteiger partial charge < -0.3 is 15.0 Å². The third kappa shape index (κ3) is 2.40. The molecule has 1 aliphatic heterocycles. The molecule has 0 aromatic carbocycles. The van der Waals surface area contributed by atoms with Gasteiger partial charge in [-0.05, 0) is 6.92 Å². The van der Waals surface area contributed by atoms with E-state index in [1.54, 1.807) is 0 Å². The van der Waals surface area contributed by atoms with Gasteiger partial charge in [0.25, 0.3) is 0 Å². The zero-order valence-corrected chi connectivity index (χ0v) is 9.89. The van der Waals surface area contributed by atoms with Gasteiger partial charge in [-0.15, -0.1) is 10.2 Å². The standard InChI is InChI=1S/C10H19N5O/c1-8-12-13-10(14(8)2)7-15-3-4-16-9(5-11)6-15/h9H,3-7,11H2,1-2H3. The number of rotatable bonds is 3. The van der Waals surface area contributed by atoms with Crippen LogP contribution in [0.3, 0.4) is 0 Å². The van der Waals surface area contributed by atoms with Crippen molar-refractivity contribution in [2.45, 2.75) is 19.6 Å². The Balaban J connectivity index is 1.96. The maximum absolute atomic E-state index is 5.61. The summed E-state index contributed by atoms with van der Waals surface area (Å²) in [6, 6.07) is 0. The summed E-state index contributed by atoms with van der Waals surface area (Å²) in [4.78, 5) is 2.31. The van der Waals surface area contributed by atoms with Gasteiger partial charge in [0, 0.05) is 26.7 Å². The lowest BCUT2D eigenvalue weighted by Gasteiger charge is -2.31. The zero-order valence-electron chi connectivity index (χ0n) is 9.89. The van der Waals surface area contributed by atoms with Crippen LogP contribution in [0.4, 0.5) is 0 Å². The van der Waals surface area contributed by atoms with Crippen LogP contribution in [0.1, 0.15) is 11.6 Å². The van der Waals surface area contributed by atoms with Gasteiger partial charge in [0.2, 0.25) is 0 Å². The molecule has 0 spiro atoms. The molecule has 2 rings (SSSR count). The van der Waals surface area contributed by atoms with Crippen LogP contribution >= 0.6 is 0 Å². The van der Waals surface area contributed by atoms with Gasteiger partial charge in [-0.25, -0.2) is 0 Å². The molecule has 1 aliphatic rings. The Hall–Kier alpha value is -0.980. The van der Waals surface area contributed by atoms with Gasteiger partial charge in [-0.1, -0.05) is 0 Å². The molecule has 1 saturated heterocycles. The van der Waals surface area contributed by atoms with Crippen molar-refractivity contribution in [3.05, 3.63) is 11.6 Å². The van der Waals surface area contributed by atoms with E-state index in [0.717, 1.165) is 37.9 Å². The maximum Gasteiger partial charge on any atom is 0.146 e. The molecule has 90 valence electrons. The number of morpholine rings is 1. The van der Waals surface area contributed by atoms with Crippen LogP contribution in [-0.4, -0.2) is 52.0 Å². The molecule has 0 bridgehead atoms. The van der Waals surface area contributed by atoms with Crippen LogP contribution in [0.5, 0.6) is 0 Å².